The van der Waals surface area contributed by atoms with E-state index in [1.54, 1.807) is 12.1 Å². The van der Waals surface area contributed by atoms with E-state index in [0.717, 1.165) is 4.31 Å². The summed E-state index contributed by atoms with van der Waals surface area (Å²) in [6.07, 6.45) is 0. The monoisotopic (exact) mass is 321 g/mol. The number of halogens is 1. The van der Waals surface area contributed by atoms with Gasteiger partial charge in [-0.1, -0.05) is 17.7 Å². The number of hydrogen-bond acceptors (Lipinski definition) is 5. The quantitative estimate of drug-likeness (QED) is 0.791. The molecule has 1 aliphatic rings. The average molecular weight is 322 g/mol. The molecule has 1 aromatic rings. The molecule has 1 aromatic carbocycles. The van der Waals surface area contributed by atoms with E-state index in [4.69, 9.17) is 11.6 Å². The first-order valence-electron chi connectivity index (χ1n) is 5.43. The molecule has 1 fully saturated rings. The van der Waals surface area contributed by atoms with Crippen molar-refractivity contribution in [2.24, 2.45) is 0 Å². The molecule has 0 bridgehead atoms. The molecule has 0 radical (unpaired) electrons. The van der Waals surface area contributed by atoms with Crippen LogP contribution in [-0.4, -0.2) is 43.5 Å². The highest BCUT2D eigenvalue weighted by atomic mass is 35.5. The molecule has 0 aromatic heterocycles. The van der Waals surface area contributed by atoms with Crippen molar-refractivity contribution in [1.82, 2.24) is 4.31 Å². The van der Waals surface area contributed by atoms with Gasteiger partial charge in [-0.15, -0.1) is 11.8 Å². The number of esters is 1. The number of rotatable bonds is 3. The highest BCUT2D eigenvalue weighted by Crippen LogP contribution is 2.31. The Hall–Kier alpha value is -0.760. The zero-order chi connectivity index (χ0) is 14.0. The smallest absolute Gasteiger partial charge is 0.334 e. The number of ether oxygens (including phenoxy) is 1. The molecular weight excluding hydrogens is 310 g/mol. The number of thioether (sulfide) groups is 1. The van der Waals surface area contributed by atoms with Gasteiger partial charge in [-0.2, -0.15) is 4.31 Å². The first kappa shape index (κ1) is 14.6. The van der Waals surface area contributed by atoms with Crippen LogP contribution >= 0.6 is 23.4 Å². The van der Waals surface area contributed by atoms with Crippen molar-refractivity contribution < 1.29 is 17.9 Å². The van der Waals surface area contributed by atoms with Crippen LogP contribution in [0, 0.1) is 0 Å². The molecule has 0 spiro atoms. The number of nitrogens with zero attached hydrogens (tertiary/aromatic N) is 1. The number of carbonyl (C=O) groups is 1. The fourth-order valence-corrected chi connectivity index (χ4v) is 5.14. The van der Waals surface area contributed by atoms with Crippen LogP contribution in [0.25, 0.3) is 0 Å². The van der Waals surface area contributed by atoms with Crippen LogP contribution in [0.5, 0.6) is 0 Å². The van der Waals surface area contributed by atoms with Crippen LogP contribution in [0.4, 0.5) is 0 Å². The number of hydrogen-bond donors (Lipinski definition) is 0. The summed E-state index contributed by atoms with van der Waals surface area (Å²) in [7, 11) is -2.50. The van der Waals surface area contributed by atoms with Crippen LogP contribution in [0.3, 0.4) is 0 Å². The molecule has 19 heavy (non-hydrogen) atoms. The molecule has 1 unspecified atom stereocenters. The Morgan fingerprint density at radius 2 is 2.26 bits per heavy atom. The Kier molecular flexibility index (Phi) is 4.39. The molecule has 5 nitrogen and oxygen atoms in total. The van der Waals surface area contributed by atoms with E-state index in [9.17, 15) is 13.2 Å². The van der Waals surface area contributed by atoms with Crippen molar-refractivity contribution in [3.8, 4) is 0 Å². The molecule has 0 aliphatic carbocycles. The van der Waals surface area contributed by atoms with Crippen molar-refractivity contribution in [3.05, 3.63) is 29.3 Å². The second-order valence-corrected chi connectivity index (χ2v) is 7.33. The van der Waals surface area contributed by atoms with E-state index >= 15 is 0 Å². The van der Waals surface area contributed by atoms with Gasteiger partial charge >= 0.3 is 5.97 Å². The fourth-order valence-electron chi connectivity index (χ4n) is 1.75. The van der Waals surface area contributed by atoms with Gasteiger partial charge in [0.2, 0.25) is 10.0 Å². The van der Waals surface area contributed by atoms with Crippen LogP contribution in [-0.2, 0) is 19.6 Å². The normalized spacial score (nSPS) is 20.4. The second-order valence-electron chi connectivity index (χ2n) is 3.82. The predicted molar refractivity (Wildman–Crippen MR) is 73.6 cm³/mol. The van der Waals surface area contributed by atoms with Crippen LogP contribution in [0.15, 0.2) is 29.2 Å². The van der Waals surface area contributed by atoms with Crippen LogP contribution in [0.2, 0.25) is 5.02 Å². The number of sulfonamides is 1. The maximum absolute atomic E-state index is 12.5. The van der Waals surface area contributed by atoms with E-state index in [1.165, 1.54) is 31.0 Å². The zero-order valence-electron chi connectivity index (χ0n) is 10.1. The molecule has 1 heterocycles. The second kappa shape index (κ2) is 5.70. The van der Waals surface area contributed by atoms with Gasteiger partial charge in [-0.3, -0.25) is 0 Å². The number of methoxy groups -OCH3 is 1. The molecular formula is C11H12ClNO4S2. The predicted octanol–water partition coefficient (Wildman–Crippen LogP) is 1.58. The summed E-state index contributed by atoms with van der Waals surface area (Å²) < 4.78 is 30.7. The van der Waals surface area contributed by atoms with Crippen molar-refractivity contribution in [2.45, 2.75) is 10.3 Å². The summed E-state index contributed by atoms with van der Waals surface area (Å²) >= 11 is 7.05. The van der Waals surface area contributed by atoms with Crippen LogP contribution in [0.1, 0.15) is 0 Å². The van der Waals surface area contributed by atoms with E-state index < -0.39 is 21.4 Å². The molecule has 0 amide bonds. The van der Waals surface area contributed by atoms with E-state index in [1.807, 2.05) is 0 Å². The summed E-state index contributed by atoms with van der Waals surface area (Å²) in [6.45, 7) is 0.277. The fraction of sp³-hybridized carbons (Fsp3) is 0.364. The van der Waals surface area contributed by atoms with Gasteiger partial charge in [0.05, 0.1) is 12.0 Å². The minimum Gasteiger partial charge on any atom is -0.467 e. The standard InChI is InChI=1S/C11H12ClNO4S2/c1-17-11(14)10-13(5-6-18-10)19(15,16)9-4-2-3-8(12)7-9/h2-4,7,10H,5-6H2,1H3. The summed E-state index contributed by atoms with van der Waals surface area (Å²) in [5.74, 6) is -0.00682. The summed E-state index contributed by atoms with van der Waals surface area (Å²) in [5, 5.41) is -0.489. The third kappa shape index (κ3) is 2.89. The summed E-state index contributed by atoms with van der Waals surface area (Å²) in [5.41, 5.74) is 0. The zero-order valence-corrected chi connectivity index (χ0v) is 12.5. The molecule has 1 saturated heterocycles. The van der Waals surface area contributed by atoms with Crippen molar-refractivity contribution in [2.75, 3.05) is 19.4 Å². The Bertz CT molecular complexity index is 590. The number of benzene rings is 1. The Labute approximate surface area is 120 Å². The van der Waals surface area contributed by atoms with Gasteiger partial charge in [0.25, 0.3) is 0 Å². The molecule has 8 heteroatoms. The van der Waals surface area contributed by atoms with Gasteiger partial charge in [0, 0.05) is 17.3 Å². The van der Waals surface area contributed by atoms with E-state index in [-0.39, 0.29) is 11.4 Å². The topological polar surface area (TPSA) is 63.7 Å². The maximum Gasteiger partial charge on any atom is 0.334 e. The highest BCUT2D eigenvalue weighted by molar-refractivity contribution is 8.02. The molecule has 0 saturated carbocycles. The molecule has 1 atom stereocenters. The lowest BCUT2D eigenvalue weighted by atomic mass is 10.4. The lowest BCUT2D eigenvalue weighted by molar-refractivity contribution is -0.141. The van der Waals surface area contributed by atoms with Gasteiger partial charge < -0.3 is 4.74 Å². The van der Waals surface area contributed by atoms with Crippen molar-refractivity contribution in [1.29, 1.82) is 0 Å². The van der Waals surface area contributed by atoms with Gasteiger partial charge in [-0.25, -0.2) is 13.2 Å². The largest absolute Gasteiger partial charge is 0.467 e. The van der Waals surface area contributed by atoms with Gasteiger partial charge in [-0.05, 0) is 18.2 Å². The Morgan fingerprint density at radius 3 is 2.89 bits per heavy atom. The van der Waals surface area contributed by atoms with E-state index in [2.05, 4.69) is 4.74 Å². The average Bonchev–Trinajstić information content (AvgIpc) is 2.87. The Balaban J connectivity index is 2.36. The Morgan fingerprint density at radius 1 is 1.53 bits per heavy atom. The first-order chi connectivity index (χ1) is 8.96. The van der Waals surface area contributed by atoms with Gasteiger partial charge in [0.15, 0.2) is 5.37 Å². The SMILES string of the molecule is COC(=O)C1SCCN1S(=O)(=O)c1cccc(Cl)c1. The van der Waals surface area contributed by atoms with Gasteiger partial charge in [0.1, 0.15) is 0 Å². The lowest BCUT2D eigenvalue weighted by Gasteiger charge is -2.21. The minimum absolute atomic E-state index is 0.0800. The molecule has 1 aliphatic heterocycles. The number of carbonyl (C=O) groups excluding carboxylic acids is 1. The first-order valence-corrected chi connectivity index (χ1v) is 8.30. The summed E-state index contributed by atoms with van der Waals surface area (Å²) in [4.78, 5) is 11.7. The van der Waals surface area contributed by atoms with Crippen molar-refractivity contribution in [3.63, 3.8) is 0 Å². The maximum atomic E-state index is 12.5. The minimum atomic E-state index is -3.74. The molecule has 0 N–H and O–H groups in total. The third-order valence-electron chi connectivity index (χ3n) is 2.65. The lowest BCUT2D eigenvalue weighted by Crippen LogP contribution is -2.39. The molecule has 104 valence electrons. The third-order valence-corrected chi connectivity index (χ3v) is 6.06. The highest BCUT2D eigenvalue weighted by Gasteiger charge is 2.40. The van der Waals surface area contributed by atoms with Crippen molar-refractivity contribution >= 4 is 39.4 Å². The van der Waals surface area contributed by atoms with Crippen LogP contribution < -0.4 is 0 Å². The van der Waals surface area contributed by atoms with E-state index in [0.29, 0.717) is 10.8 Å². The summed E-state index contributed by atoms with van der Waals surface area (Å²) in [6, 6.07) is 5.98. The molecule has 2 rings (SSSR count).